The van der Waals surface area contributed by atoms with Crippen molar-refractivity contribution < 1.29 is 24.3 Å². The molecule has 0 saturated carbocycles. The van der Waals surface area contributed by atoms with Crippen LogP contribution in [0.5, 0.6) is 0 Å². The zero-order chi connectivity index (χ0) is 15.5. The van der Waals surface area contributed by atoms with Gasteiger partial charge in [-0.2, -0.15) is 0 Å². The molecule has 0 bridgehead atoms. The normalized spacial score (nSPS) is 18.0. The van der Waals surface area contributed by atoms with Crippen molar-refractivity contribution in [3.05, 3.63) is 0 Å². The molecular formula is C14H31NO5. The van der Waals surface area contributed by atoms with Crippen molar-refractivity contribution in [2.24, 2.45) is 0 Å². The fourth-order valence-corrected chi connectivity index (χ4v) is 1.44. The molecule has 20 heavy (non-hydrogen) atoms. The van der Waals surface area contributed by atoms with Gasteiger partial charge in [-0.05, 0) is 40.5 Å². The molecule has 0 radical (unpaired) electrons. The van der Waals surface area contributed by atoms with E-state index in [-0.39, 0.29) is 25.4 Å². The van der Waals surface area contributed by atoms with E-state index in [0.717, 1.165) is 12.8 Å². The van der Waals surface area contributed by atoms with Crippen LogP contribution in [0.2, 0.25) is 0 Å². The topological polar surface area (TPSA) is 60.4 Å². The van der Waals surface area contributed by atoms with Crippen LogP contribution in [0.15, 0.2) is 0 Å². The first-order valence-corrected chi connectivity index (χ1v) is 7.45. The highest BCUT2D eigenvalue weighted by molar-refractivity contribution is 4.46. The number of nitrogens with zero attached hydrogens (tertiary/aromatic N) is 1. The van der Waals surface area contributed by atoms with Crippen molar-refractivity contribution in [2.45, 2.75) is 79.2 Å². The smallest absolute Gasteiger partial charge is 0.177 e. The summed E-state index contributed by atoms with van der Waals surface area (Å²) in [6.07, 6.45) is 1.12. The summed E-state index contributed by atoms with van der Waals surface area (Å²) in [6, 6.07) is 0. The number of rotatable bonds is 12. The minimum atomic E-state index is -0.452. The maximum Gasteiger partial charge on any atom is 0.177 e. The molecule has 0 fully saturated rings. The van der Waals surface area contributed by atoms with E-state index >= 15 is 0 Å². The van der Waals surface area contributed by atoms with Gasteiger partial charge in [-0.15, -0.1) is 0 Å². The van der Waals surface area contributed by atoms with Crippen LogP contribution < -0.4 is 0 Å². The SMILES string of the molecule is CCC(C)OC(C)ON(CCO)OC(C)OC(C)CC. The Kier molecular flexibility index (Phi) is 11.3. The fourth-order valence-electron chi connectivity index (χ4n) is 1.44. The summed E-state index contributed by atoms with van der Waals surface area (Å²) in [5, 5.41) is 10.3. The molecule has 0 aromatic carbocycles. The molecule has 0 aliphatic rings. The summed E-state index contributed by atoms with van der Waals surface area (Å²) in [4.78, 5) is 11.0. The molecule has 0 saturated heterocycles. The predicted molar refractivity (Wildman–Crippen MR) is 76.6 cm³/mol. The van der Waals surface area contributed by atoms with Crippen LogP contribution in [0.4, 0.5) is 0 Å². The van der Waals surface area contributed by atoms with E-state index in [1.165, 1.54) is 5.23 Å². The average Bonchev–Trinajstić information content (AvgIpc) is 2.38. The number of hydrogen-bond acceptors (Lipinski definition) is 6. The van der Waals surface area contributed by atoms with Crippen molar-refractivity contribution in [2.75, 3.05) is 13.2 Å². The summed E-state index contributed by atoms with van der Waals surface area (Å²) in [7, 11) is 0. The monoisotopic (exact) mass is 293 g/mol. The van der Waals surface area contributed by atoms with Crippen molar-refractivity contribution in [3.8, 4) is 0 Å². The van der Waals surface area contributed by atoms with Crippen molar-refractivity contribution >= 4 is 0 Å². The molecule has 0 aromatic rings. The lowest BCUT2D eigenvalue weighted by Crippen LogP contribution is -2.37. The van der Waals surface area contributed by atoms with Crippen molar-refractivity contribution in [1.82, 2.24) is 5.23 Å². The van der Waals surface area contributed by atoms with Gasteiger partial charge in [0.2, 0.25) is 0 Å². The molecular weight excluding hydrogens is 262 g/mol. The van der Waals surface area contributed by atoms with Crippen molar-refractivity contribution in [3.63, 3.8) is 0 Å². The van der Waals surface area contributed by atoms with Gasteiger partial charge in [-0.3, -0.25) is 0 Å². The van der Waals surface area contributed by atoms with Gasteiger partial charge < -0.3 is 14.6 Å². The Morgan fingerprint density at radius 3 is 1.55 bits per heavy atom. The lowest BCUT2D eigenvalue weighted by atomic mass is 10.3. The van der Waals surface area contributed by atoms with E-state index in [4.69, 9.17) is 24.3 Å². The van der Waals surface area contributed by atoms with Gasteiger partial charge in [-0.25, -0.2) is 9.68 Å². The lowest BCUT2D eigenvalue weighted by molar-refractivity contribution is -0.454. The van der Waals surface area contributed by atoms with Gasteiger partial charge in [0.25, 0.3) is 0 Å². The molecule has 1 N–H and O–H groups in total. The second-order valence-corrected chi connectivity index (χ2v) is 4.84. The van der Waals surface area contributed by atoms with E-state index < -0.39 is 12.6 Å². The maximum atomic E-state index is 9.04. The van der Waals surface area contributed by atoms with E-state index in [9.17, 15) is 0 Å². The highest BCUT2D eigenvalue weighted by Gasteiger charge is 2.18. The van der Waals surface area contributed by atoms with Gasteiger partial charge in [0.05, 0.1) is 25.4 Å². The highest BCUT2D eigenvalue weighted by Crippen LogP contribution is 2.10. The Hall–Kier alpha value is -0.240. The Labute approximate surface area is 122 Å². The zero-order valence-electron chi connectivity index (χ0n) is 13.7. The molecule has 0 aliphatic carbocycles. The van der Waals surface area contributed by atoms with E-state index in [2.05, 4.69) is 0 Å². The minimum absolute atomic E-state index is 0.0773. The van der Waals surface area contributed by atoms with Gasteiger partial charge in [-0.1, -0.05) is 19.1 Å². The highest BCUT2D eigenvalue weighted by atomic mass is 17.0. The molecule has 0 aromatic heterocycles. The summed E-state index contributed by atoms with van der Waals surface area (Å²) in [5.74, 6) is 0. The molecule has 0 amide bonds. The third-order valence-corrected chi connectivity index (χ3v) is 2.81. The van der Waals surface area contributed by atoms with Crippen LogP contribution >= 0.6 is 0 Å². The largest absolute Gasteiger partial charge is 0.395 e. The standard InChI is InChI=1S/C14H31NO5/c1-7-11(3)17-13(5)19-15(9-10-16)20-14(6)18-12(4)8-2/h11-14,16H,7-10H2,1-6H3. The first-order valence-electron chi connectivity index (χ1n) is 7.45. The molecule has 0 heterocycles. The van der Waals surface area contributed by atoms with Crippen LogP contribution in [-0.2, 0) is 19.1 Å². The number of hydrogen-bond donors (Lipinski definition) is 1. The molecule has 6 heteroatoms. The van der Waals surface area contributed by atoms with Crippen LogP contribution in [0.1, 0.15) is 54.4 Å². The third kappa shape index (κ3) is 9.63. The number of hydroxylamine groups is 2. The predicted octanol–water partition coefficient (Wildman–Crippen LogP) is 2.47. The summed E-state index contributed by atoms with van der Waals surface area (Å²) in [5.41, 5.74) is 0. The molecule has 6 nitrogen and oxygen atoms in total. The lowest BCUT2D eigenvalue weighted by Gasteiger charge is -2.28. The van der Waals surface area contributed by atoms with E-state index in [0.29, 0.717) is 0 Å². The minimum Gasteiger partial charge on any atom is -0.395 e. The molecule has 0 rings (SSSR count). The summed E-state index contributed by atoms with van der Waals surface area (Å²) >= 11 is 0. The Morgan fingerprint density at radius 2 is 1.25 bits per heavy atom. The number of aliphatic hydroxyl groups is 1. The number of ether oxygens (including phenoxy) is 2. The van der Waals surface area contributed by atoms with Crippen molar-refractivity contribution in [1.29, 1.82) is 0 Å². The Balaban J connectivity index is 4.20. The molecule has 4 unspecified atom stereocenters. The number of aliphatic hydroxyl groups excluding tert-OH is 1. The van der Waals surface area contributed by atoms with Crippen LogP contribution in [0.25, 0.3) is 0 Å². The molecule has 0 aliphatic heterocycles. The zero-order valence-corrected chi connectivity index (χ0v) is 13.7. The second kappa shape index (κ2) is 11.4. The van der Waals surface area contributed by atoms with Gasteiger partial charge in [0.1, 0.15) is 0 Å². The quantitative estimate of drug-likeness (QED) is 0.440. The first-order chi connectivity index (χ1) is 9.42. The van der Waals surface area contributed by atoms with E-state index in [1.54, 1.807) is 13.8 Å². The Bertz CT molecular complexity index is 210. The summed E-state index contributed by atoms with van der Waals surface area (Å²) < 4.78 is 11.2. The Morgan fingerprint density at radius 1 is 0.850 bits per heavy atom. The third-order valence-electron chi connectivity index (χ3n) is 2.81. The first kappa shape index (κ1) is 19.8. The molecule has 4 atom stereocenters. The molecule has 0 spiro atoms. The summed E-state index contributed by atoms with van der Waals surface area (Å²) in [6.45, 7) is 11.8. The maximum absolute atomic E-state index is 9.04. The average molecular weight is 293 g/mol. The van der Waals surface area contributed by atoms with Crippen LogP contribution in [0.3, 0.4) is 0 Å². The van der Waals surface area contributed by atoms with Gasteiger partial charge in [0.15, 0.2) is 12.6 Å². The molecule has 122 valence electrons. The van der Waals surface area contributed by atoms with Crippen LogP contribution in [-0.4, -0.2) is 48.3 Å². The van der Waals surface area contributed by atoms with Gasteiger partial charge >= 0.3 is 0 Å². The van der Waals surface area contributed by atoms with Crippen LogP contribution in [0, 0.1) is 0 Å². The van der Waals surface area contributed by atoms with E-state index in [1.807, 2.05) is 27.7 Å². The second-order valence-electron chi connectivity index (χ2n) is 4.84. The fraction of sp³-hybridized carbons (Fsp3) is 1.00. The van der Waals surface area contributed by atoms with Gasteiger partial charge in [0, 0.05) is 0 Å².